The Kier molecular flexibility index (Phi) is 4.22. The first-order valence-corrected chi connectivity index (χ1v) is 6.56. The van der Waals surface area contributed by atoms with Crippen molar-refractivity contribution in [1.29, 1.82) is 0 Å². The molecule has 1 aromatic heterocycles. The minimum absolute atomic E-state index is 0.285. The first-order chi connectivity index (χ1) is 8.76. The normalized spacial score (nSPS) is 16.1. The average molecular weight is 243 g/mol. The number of pyridine rings is 1. The highest BCUT2D eigenvalue weighted by atomic mass is 15.2. The van der Waals surface area contributed by atoms with Crippen LogP contribution in [0.5, 0.6) is 0 Å². The highest BCUT2D eigenvalue weighted by Crippen LogP contribution is 2.32. The summed E-state index contributed by atoms with van der Waals surface area (Å²) in [7, 11) is 1.97. The van der Waals surface area contributed by atoms with Gasteiger partial charge in [-0.15, -0.1) is 6.42 Å². The van der Waals surface area contributed by atoms with Crippen LogP contribution in [0.2, 0.25) is 0 Å². The van der Waals surface area contributed by atoms with Crippen LogP contribution in [0.3, 0.4) is 0 Å². The molecule has 1 aliphatic rings. The van der Waals surface area contributed by atoms with E-state index in [0.29, 0.717) is 6.54 Å². The van der Waals surface area contributed by atoms with Gasteiger partial charge in [0.15, 0.2) is 0 Å². The highest BCUT2D eigenvalue weighted by Gasteiger charge is 2.26. The second kappa shape index (κ2) is 5.88. The van der Waals surface area contributed by atoms with E-state index in [1.165, 1.54) is 18.4 Å². The van der Waals surface area contributed by atoms with Crippen molar-refractivity contribution < 1.29 is 0 Å². The number of nitrogens with one attached hydrogen (secondary N) is 1. The molecule has 1 unspecified atom stereocenters. The molecule has 1 aromatic rings. The Morgan fingerprint density at radius 3 is 3.00 bits per heavy atom. The van der Waals surface area contributed by atoms with Crippen molar-refractivity contribution in [1.82, 2.24) is 10.3 Å². The number of nitrogens with zero attached hydrogens (tertiary/aromatic N) is 2. The van der Waals surface area contributed by atoms with Crippen LogP contribution < -0.4 is 10.2 Å². The molecule has 1 heterocycles. The first kappa shape index (κ1) is 12.9. The quantitative estimate of drug-likeness (QED) is 0.776. The predicted molar refractivity (Wildman–Crippen MR) is 75.5 cm³/mol. The van der Waals surface area contributed by atoms with Crippen molar-refractivity contribution in [2.24, 2.45) is 5.92 Å². The number of aromatic nitrogens is 1. The van der Waals surface area contributed by atoms with Crippen LogP contribution in [0.25, 0.3) is 0 Å². The van der Waals surface area contributed by atoms with Crippen molar-refractivity contribution in [3.63, 3.8) is 0 Å². The number of terminal acetylenes is 1. The van der Waals surface area contributed by atoms with E-state index in [-0.39, 0.29) is 6.04 Å². The zero-order valence-corrected chi connectivity index (χ0v) is 11.2. The molecule has 1 saturated carbocycles. The Morgan fingerprint density at radius 1 is 1.61 bits per heavy atom. The molecule has 0 aromatic carbocycles. The standard InChI is InChI=1S/C15H21N3/c1-4-10-18(11-13-7-8-13)15-14(12(2)16-3)6-5-9-17-15/h1,5-6,9,12-13,16H,7-8,10-11H2,2-3H3. The third kappa shape index (κ3) is 3.02. The lowest BCUT2D eigenvalue weighted by Crippen LogP contribution is -2.29. The van der Waals surface area contributed by atoms with E-state index in [0.717, 1.165) is 18.3 Å². The summed E-state index contributed by atoms with van der Waals surface area (Å²) in [4.78, 5) is 6.77. The third-order valence-corrected chi connectivity index (χ3v) is 3.47. The molecule has 1 fully saturated rings. The van der Waals surface area contributed by atoms with Gasteiger partial charge in [-0.05, 0) is 38.8 Å². The Balaban J connectivity index is 2.24. The molecule has 0 amide bonds. The van der Waals surface area contributed by atoms with Crippen LogP contribution in [0.4, 0.5) is 5.82 Å². The lowest BCUT2D eigenvalue weighted by Gasteiger charge is -2.25. The number of hydrogen-bond acceptors (Lipinski definition) is 3. The second-order valence-corrected chi connectivity index (χ2v) is 4.95. The van der Waals surface area contributed by atoms with Gasteiger partial charge in [-0.25, -0.2) is 4.98 Å². The fourth-order valence-electron chi connectivity index (χ4n) is 2.12. The summed E-state index contributed by atoms with van der Waals surface area (Å²) in [5, 5.41) is 3.27. The van der Waals surface area contributed by atoms with Crippen LogP contribution in [0, 0.1) is 18.3 Å². The zero-order chi connectivity index (χ0) is 13.0. The summed E-state index contributed by atoms with van der Waals surface area (Å²) >= 11 is 0. The molecule has 1 N–H and O–H groups in total. The van der Waals surface area contributed by atoms with Crippen molar-refractivity contribution in [3.05, 3.63) is 23.9 Å². The number of rotatable bonds is 6. The molecular weight excluding hydrogens is 222 g/mol. The molecule has 0 bridgehead atoms. The van der Waals surface area contributed by atoms with E-state index in [2.05, 4.69) is 34.1 Å². The van der Waals surface area contributed by atoms with Gasteiger partial charge in [0, 0.05) is 24.3 Å². The van der Waals surface area contributed by atoms with Gasteiger partial charge in [0.05, 0.1) is 6.54 Å². The molecular formula is C15H21N3. The summed E-state index contributed by atoms with van der Waals surface area (Å²) in [6.45, 7) is 3.81. The van der Waals surface area contributed by atoms with Crippen LogP contribution >= 0.6 is 0 Å². The third-order valence-electron chi connectivity index (χ3n) is 3.47. The monoisotopic (exact) mass is 243 g/mol. The van der Waals surface area contributed by atoms with Gasteiger partial charge in [-0.3, -0.25) is 0 Å². The van der Waals surface area contributed by atoms with E-state index in [1.54, 1.807) is 0 Å². The van der Waals surface area contributed by atoms with Crippen molar-refractivity contribution >= 4 is 5.82 Å². The van der Waals surface area contributed by atoms with E-state index in [9.17, 15) is 0 Å². The fraction of sp³-hybridized carbons (Fsp3) is 0.533. The van der Waals surface area contributed by atoms with Crippen LogP contribution in [0.15, 0.2) is 18.3 Å². The van der Waals surface area contributed by atoms with Crippen molar-refractivity contribution in [2.45, 2.75) is 25.8 Å². The number of hydrogen-bond donors (Lipinski definition) is 1. The van der Waals surface area contributed by atoms with Crippen LogP contribution in [-0.2, 0) is 0 Å². The van der Waals surface area contributed by atoms with Crippen molar-refractivity contribution in [3.8, 4) is 12.3 Å². The Labute approximate surface area is 110 Å². The van der Waals surface area contributed by atoms with Gasteiger partial charge >= 0.3 is 0 Å². The molecule has 0 saturated heterocycles. The van der Waals surface area contributed by atoms with Gasteiger partial charge in [0.1, 0.15) is 5.82 Å². The topological polar surface area (TPSA) is 28.2 Å². The second-order valence-electron chi connectivity index (χ2n) is 4.95. The minimum Gasteiger partial charge on any atom is -0.345 e. The van der Waals surface area contributed by atoms with Crippen LogP contribution in [0.1, 0.15) is 31.4 Å². The van der Waals surface area contributed by atoms with E-state index in [4.69, 9.17) is 6.42 Å². The summed E-state index contributed by atoms with van der Waals surface area (Å²) in [6.07, 6.45) is 9.98. The SMILES string of the molecule is C#CCN(CC1CC1)c1ncccc1C(C)NC. The average Bonchev–Trinajstić information content (AvgIpc) is 3.21. The number of anilines is 1. The minimum atomic E-state index is 0.285. The van der Waals surface area contributed by atoms with Gasteiger partial charge in [-0.2, -0.15) is 0 Å². The largest absolute Gasteiger partial charge is 0.345 e. The first-order valence-electron chi connectivity index (χ1n) is 6.56. The van der Waals surface area contributed by atoms with E-state index >= 15 is 0 Å². The molecule has 18 heavy (non-hydrogen) atoms. The molecule has 3 nitrogen and oxygen atoms in total. The highest BCUT2D eigenvalue weighted by molar-refractivity contribution is 5.49. The lowest BCUT2D eigenvalue weighted by molar-refractivity contribution is 0.641. The Hall–Kier alpha value is -1.53. The predicted octanol–water partition coefficient (Wildman–Crippen LogP) is 2.21. The molecule has 0 radical (unpaired) electrons. The Morgan fingerprint density at radius 2 is 2.39 bits per heavy atom. The maximum atomic E-state index is 5.49. The summed E-state index contributed by atoms with van der Waals surface area (Å²) in [5.41, 5.74) is 1.22. The maximum Gasteiger partial charge on any atom is 0.134 e. The Bertz CT molecular complexity index is 432. The fourth-order valence-corrected chi connectivity index (χ4v) is 2.12. The molecule has 3 heteroatoms. The summed E-state index contributed by atoms with van der Waals surface area (Å²) in [6, 6.07) is 4.39. The maximum absolute atomic E-state index is 5.49. The molecule has 1 aliphatic carbocycles. The molecule has 1 atom stereocenters. The molecule has 96 valence electrons. The van der Waals surface area contributed by atoms with Gasteiger partial charge in [-0.1, -0.05) is 12.0 Å². The van der Waals surface area contributed by atoms with Crippen LogP contribution in [-0.4, -0.2) is 25.1 Å². The van der Waals surface area contributed by atoms with Crippen molar-refractivity contribution in [2.75, 3.05) is 25.0 Å². The molecule has 2 rings (SSSR count). The van der Waals surface area contributed by atoms with E-state index in [1.807, 2.05) is 19.3 Å². The van der Waals surface area contributed by atoms with E-state index < -0.39 is 0 Å². The molecule has 0 spiro atoms. The summed E-state index contributed by atoms with van der Waals surface area (Å²) < 4.78 is 0. The smallest absolute Gasteiger partial charge is 0.134 e. The summed E-state index contributed by atoms with van der Waals surface area (Å²) in [5.74, 6) is 4.58. The lowest BCUT2D eigenvalue weighted by atomic mass is 10.1. The van der Waals surface area contributed by atoms with Gasteiger partial charge < -0.3 is 10.2 Å². The molecule has 0 aliphatic heterocycles. The van der Waals surface area contributed by atoms with Gasteiger partial charge in [0.2, 0.25) is 0 Å². The van der Waals surface area contributed by atoms with Gasteiger partial charge in [0.25, 0.3) is 0 Å². The zero-order valence-electron chi connectivity index (χ0n) is 11.2.